The number of amides is 1. The summed E-state index contributed by atoms with van der Waals surface area (Å²) in [7, 11) is 1.73. The predicted molar refractivity (Wildman–Crippen MR) is 135 cm³/mol. The summed E-state index contributed by atoms with van der Waals surface area (Å²) in [6.45, 7) is 1.70. The minimum Gasteiger partial charge on any atom is -0.322 e. The van der Waals surface area contributed by atoms with Gasteiger partial charge in [0, 0.05) is 42.6 Å². The van der Waals surface area contributed by atoms with Crippen LogP contribution in [-0.4, -0.2) is 25.0 Å². The molecule has 0 bridgehead atoms. The minimum atomic E-state index is -4.65. The maximum Gasteiger partial charge on any atom is 0.416 e. The van der Waals surface area contributed by atoms with Gasteiger partial charge in [-0.15, -0.1) is 5.53 Å². The summed E-state index contributed by atoms with van der Waals surface area (Å²) in [6, 6.07) is 6.71. The summed E-state index contributed by atoms with van der Waals surface area (Å²) in [5, 5.41) is 4.08. The lowest BCUT2D eigenvalue weighted by atomic mass is 10.1. The number of aromatic nitrogens is 4. The van der Waals surface area contributed by atoms with Crippen molar-refractivity contribution in [2.75, 3.05) is 10.3 Å². The smallest absolute Gasteiger partial charge is 0.322 e. The molecule has 5 rings (SSSR count). The van der Waals surface area contributed by atoms with Crippen molar-refractivity contribution in [3.8, 4) is 17.5 Å². The van der Waals surface area contributed by atoms with Crippen LogP contribution in [0.15, 0.2) is 67.5 Å². The van der Waals surface area contributed by atoms with Crippen LogP contribution >= 0.6 is 0 Å². The average Bonchev–Trinajstić information content (AvgIpc) is 3.64. The third-order valence-corrected chi connectivity index (χ3v) is 5.74. The second-order valence-electron chi connectivity index (χ2n) is 8.53. The molecule has 0 fully saturated rings. The van der Waals surface area contributed by atoms with Crippen molar-refractivity contribution in [2.24, 2.45) is 7.05 Å². The summed E-state index contributed by atoms with van der Waals surface area (Å²) >= 11 is 0. The molecule has 2 aromatic carbocycles. The van der Waals surface area contributed by atoms with E-state index in [-0.39, 0.29) is 22.5 Å². The fourth-order valence-electron chi connectivity index (χ4n) is 3.77. The number of rotatable bonds is 4. The summed E-state index contributed by atoms with van der Waals surface area (Å²) in [5.41, 5.74) is 5.80. The maximum atomic E-state index is 14.5. The molecule has 0 spiro atoms. The van der Waals surface area contributed by atoms with Gasteiger partial charge in [-0.25, -0.2) is 19.4 Å². The van der Waals surface area contributed by atoms with E-state index in [4.69, 9.17) is 0 Å². The zero-order valence-corrected chi connectivity index (χ0v) is 20.5. The summed E-state index contributed by atoms with van der Waals surface area (Å²) < 4.78 is 58.3. The molecule has 1 amide bonds. The summed E-state index contributed by atoms with van der Waals surface area (Å²) in [6.07, 6.45) is 3.19. The monoisotopic (exact) mass is 536 g/mol. The second-order valence-corrected chi connectivity index (χ2v) is 8.53. The Hall–Kier alpha value is -5.09. The fraction of sp³-hybridized carbons (Fsp3) is 0.115. The van der Waals surface area contributed by atoms with Crippen molar-refractivity contribution >= 4 is 17.5 Å². The van der Waals surface area contributed by atoms with Crippen LogP contribution in [-0.2, 0) is 13.2 Å². The molecular formula is C26H20F4N8O. The largest absolute Gasteiger partial charge is 0.416 e. The van der Waals surface area contributed by atoms with E-state index in [1.807, 2.05) is 0 Å². The molecule has 2 aromatic heterocycles. The molecule has 9 nitrogen and oxygen atoms in total. The zero-order valence-electron chi connectivity index (χ0n) is 20.5. The van der Waals surface area contributed by atoms with Crippen LogP contribution in [0.2, 0.25) is 0 Å². The first-order chi connectivity index (χ1) is 18.6. The van der Waals surface area contributed by atoms with Crippen LogP contribution in [0.25, 0.3) is 5.69 Å². The van der Waals surface area contributed by atoms with Gasteiger partial charge in [-0.2, -0.15) is 13.2 Å². The molecule has 0 radical (unpaired) electrons. The Bertz CT molecular complexity index is 1660. The summed E-state index contributed by atoms with van der Waals surface area (Å²) in [5.74, 6) is 4.66. The lowest BCUT2D eigenvalue weighted by molar-refractivity contribution is -0.137. The van der Waals surface area contributed by atoms with E-state index in [0.717, 1.165) is 18.2 Å². The van der Waals surface area contributed by atoms with Crippen LogP contribution < -0.4 is 21.3 Å². The van der Waals surface area contributed by atoms with Crippen molar-refractivity contribution in [1.82, 2.24) is 30.1 Å². The molecule has 4 aromatic rings. The SMILES string of the molecule is Cc1cn(-c2cc(NC(=O)c3ccc(F)c(C#Cc4cnc(N5C=CNN5)n4C)c3)cc(C(F)(F)F)c2)cn1. The number of nitrogens with zero attached hydrogens (tertiary/aromatic N) is 5. The average molecular weight is 536 g/mol. The van der Waals surface area contributed by atoms with Gasteiger partial charge >= 0.3 is 6.18 Å². The normalized spacial score (nSPS) is 12.7. The minimum absolute atomic E-state index is 0.0151. The van der Waals surface area contributed by atoms with Crippen LogP contribution in [0.5, 0.6) is 0 Å². The highest BCUT2D eigenvalue weighted by molar-refractivity contribution is 6.04. The Morgan fingerprint density at radius 1 is 1.10 bits per heavy atom. The molecule has 198 valence electrons. The number of anilines is 2. The van der Waals surface area contributed by atoms with E-state index in [1.54, 1.807) is 42.1 Å². The van der Waals surface area contributed by atoms with Gasteiger partial charge in [-0.1, -0.05) is 5.92 Å². The van der Waals surface area contributed by atoms with Crippen molar-refractivity contribution in [2.45, 2.75) is 13.1 Å². The van der Waals surface area contributed by atoms with Crippen molar-refractivity contribution in [3.05, 3.63) is 101 Å². The van der Waals surface area contributed by atoms with Crippen LogP contribution in [0, 0.1) is 24.6 Å². The van der Waals surface area contributed by atoms with Gasteiger partial charge in [-0.3, -0.25) is 4.79 Å². The number of hydrogen-bond acceptors (Lipinski definition) is 6. The Kier molecular flexibility index (Phi) is 6.55. The van der Waals surface area contributed by atoms with Gasteiger partial charge < -0.3 is 19.9 Å². The number of nitrogens with one attached hydrogen (secondary N) is 3. The summed E-state index contributed by atoms with van der Waals surface area (Å²) in [4.78, 5) is 21.3. The van der Waals surface area contributed by atoms with Crippen LogP contribution in [0.4, 0.5) is 29.2 Å². The van der Waals surface area contributed by atoms with Crippen molar-refractivity contribution in [3.63, 3.8) is 0 Å². The Morgan fingerprint density at radius 2 is 1.92 bits per heavy atom. The van der Waals surface area contributed by atoms with Gasteiger partial charge in [0.2, 0.25) is 5.95 Å². The molecule has 1 aliphatic heterocycles. The van der Waals surface area contributed by atoms with E-state index in [2.05, 4.69) is 38.1 Å². The van der Waals surface area contributed by atoms with Gasteiger partial charge in [0.1, 0.15) is 11.5 Å². The lowest BCUT2D eigenvalue weighted by Crippen LogP contribution is -2.36. The van der Waals surface area contributed by atoms with Gasteiger partial charge in [0.25, 0.3) is 5.91 Å². The molecule has 0 unspecified atom stereocenters. The molecule has 3 heterocycles. The Labute approximate surface area is 219 Å². The first kappa shape index (κ1) is 25.6. The molecule has 0 atom stereocenters. The molecule has 0 saturated carbocycles. The Morgan fingerprint density at radius 3 is 2.62 bits per heavy atom. The number of imidazole rings is 2. The molecule has 0 saturated heterocycles. The molecule has 0 aliphatic carbocycles. The molecular weight excluding hydrogens is 516 g/mol. The van der Waals surface area contributed by atoms with E-state index in [0.29, 0.717) is 17.3 Å². The van der Waals surface area contributed by atoms with E-state index < -0.39 is 23.5 Å². The van der Waals surface area contributed by atoms with E-state index >= 15 is 0 Å². The Balaban J connectivity index is 1.41. The third-order valence-electron chi connectivity index (χ3n) is 5.74. The topological polar surface area (TPSA) is 92.0 Å². The molecule has 39 heavy (non-hydrogen) atoms. The first-order valence-corrected chi connectivity index (χ1v) is 11.4. The quantitative estimate of drug-likeness (QED) is 0.270. The number of hydrogen-bond donors (Lipinski definition) is 3. The predicted octanol–water partition coefficient (Wildman–Crippen LogP) is 4.02. The maximum absolute atomic E-state index is 14.5. The molecule has 1 aliphatic rings. The standard InChI is InChI=1S/C26H20F4N8O/c1-16-14-37(15-32-16)22-11-19(26(28,29)30)10-20(12-22)34-24(39)18-4-6-23(27)17(9-18)3-5-21-13-31-25(36(21)2)38-8-7-33-35-38/h4,6-15,33,35H,1-2H3,(H,34,39). The number of alkyl halides is 3. The fourth-order valence-corrected chi connectivity index (χ4v) is 3.77. The number of halogens is 4. The highest BCUT2D eigenvalue weighted by Crippen LogP contribution is 2.33. The van der Waals surface area contributed by atoms with E-state index in [9.17, 15) is 22.4 Å². The lowest BCUT2D eigenvalue weighted by Gasteiger charge is -2.14. The second kappa shape index (κ2) is 9.99. The van der Waals surface area contributed by atoms with Gasteiger partial charge in [-0.05, 0) is 49.2 Å². The van der Waals surface area contributed by atoms with Crippen molar-refractivity contribution < 1.29 is 22.4 Å². The number of carbonyl (C=O) groups is 1. The highest BCUT2D eigenvalue weighted by Gasteiger charge is 2.31. The highest BCUT2D eigenvalue weighted by atomic mass is 19.4. The number of carbonyl (C=O) groups excluding carboxylic acids is 1. The number of aryl methyl sites for hydroxylation is 1. The van der Waals surface area contributed by atoms with Crippen molar-refractivity contribution in [1.29, 1.82) is 0 Å². The number of benzene rings is 2. The zero-order chi connectivity index (χ0) is 27.7. The van der Waals surface area contributed by atoms with Crippen LogP contribution in [0.3, 0.4) is 0 Å². The van der Waals surface area contributed by atoms with E-state index in [1.165, 1.54) is 35.3 Å². The molecule has 3 N–H and O–H groups in total. The first-order valence-electron chi connectivity index (χ1n) is 11.4. The molecule has 13 heteroatoms. The van der Waals surface area contributed by atoms with Crippen LogP contribution in [0.1, 0.15) is 32.9 Å². The van der Waals surface area contributed by atoms with Gasteiger partial charge in [0.05, 0.1) is 29.3 Å². The van der Waals surface area contributed by atoms with Gasteiger partial charge in [0.15, 0.2) is 0 Å². The third kappa shape index (κ3) is 5.46. The number of hydrazine groups is 2.